The maximum absolute atomic E-state index is 14.9. The molecule has 2 aromatic carbocycles. The molecule has 0 unspecified atom stereocenters. The summed E-state index contributed by atoms with van der Waals surface area (Å²) >= 11 is 0. The third kappa shape index (κ3) is 7.14. The van der Waals surface area contributed by atoms with Crippen LogP contribution in [0.25, 0.3) is 11.7 Å². The Kier molecular flexibility index (Phi) is 9.27. The first-order chi connectivity index (χ1) is 18.5. The van der Waals surface area contributed by atoms with Gasteiger partial charge in [0.15, 0.2) is 23.3 Å². The van der Waals surface area contributed by atoms with Gasteiger partial charge in [0.05, 0.1) is 0 Å². The summed E-state index contributed by atoms with van der Waals surface area (Å²) in [4.78, 5) is 0. The molecule has 0 spiro atoms. The van der Waals surface area contributed by atoms with Gasteiger partial charge in [0.1, 0.15) is 5.82 Å². The average Bonchev–Trinajstić information content (AvgIpc) is 2.90. The Balaban J connectivity index is 1.43. The van der Waals surface area contributed by atoms with Gasteiger partial charge in [-0.05, 0) is 92.0 Å². The van der Waals surface area contributed by atoms with Gasteiger partial charge in [-0.1, -0.05) is 38.7 Å². The van der Waals surface area contributed by atoms with E-state index in [1.165, 1.54) is 44.6 Å². The van der Waals surface area contributed by atoms with E-state index in [0.717, 1.165) is 49.7 Å². The molecule has 0 saturated heterocycles. The van der Waals surface area contributed by atoms with Gasteiger partial charge in [-0.2, -0.15) is 0 Å². The summed E-state index contributed by atoms with van der Waals surface area (Å²) in [5, 5.41) is 0. The molecular formula is C30H32F8O. The van der Waals surface area contributed by atoms with Crippen LogP contribution in [0.5, 0.6) is 5.75 Å². The van der Waals surface area contributed by atoms with Crippen LogP contribution >= 0.6 is 0 Å². The Hall–Kier alpha value is -2.58. The highest BCUT2D eigenvalue weighted by Crippen LogP contribution is 2.45. The molecule has 2 aliphatic rings. The van der Waals surface area contributed by atoms with Crippen LogP contribution in [0.3, 0.4) is 0 Å². The van der Waals surface area contributed by atoms with Crippen molar-refractivity contribution in [2.75, 3.05) is 0 Å². The van der Waals surface area contributed by atoms with Crippen LogP contribution < -0.4 is 4.74 Å². The van der Waals surface area contributed by atoms with Crippen molar-refractivity contribution < 1.29 is 39.9 Å². The Labute approximate surface area is 223 Å². The third-order valence-electron chi connectivity index (χ3n) is 8.39. The minimum Gasteiger partial charge on any atom is -0.399 e. The summed E-state index contributed by atoms with van der Waals surface area (Å²) in [5.74, 6) is -7.77. The molecule has 4 rings (SSSR count). The topological polar surface area (TPSA) is 9.23 Å². The minimum atomic E-state index is -5.39. The molecule has 2 aliphatic carbocycles. The Bertz CT molecular complexity index is 1150. The molecule has 214 valence electrons. The highest BCUT2D eigenvalue weighted by Gasteiger charge is 2.35. The first kappa shape index (κ1) is 29.4. The van der Waals surface area contributed by atoms with E-state index in [9.17, 15) is 35.1 Å². The van der Waals surface area contributed by atoms with Crippen molar-refractivity contribution in [2.24, 2.45) is 17.8 Å². The Morgan fingerprint density at radius 1 is 0.769 bits per heavy atom. The molecule has 0 radical (unpaired) electrons. The van der Waals surface area contributed by atoms with E-state index >= 15 is 0 Å². The molecule has 0 aliphatic heterocycles. The van der Waals surface area contributed by atoms with Gasteiger partial charge in [-0.15, -0.1) is 13.2 Å². The van der Waals surface area contributed by atoms with E-state index in [1.807, 2.05) is 0 Å². The predicted molar refractivity (Wildman–Crippen MR) is 134 cm³/mol. The second-order valence-corrected chi connectivity index (χ2v) is 10.9. The zero-order valence-electron chi connectivity index (χ0n) is 21.7. The van der Waals surface area contributed by atoms with E-state index in [1.54, 1.807) is 0 Å². The molecule has 1 nitrogen and oxygen atoms in total. The summed E-state index contributed by atoms with van der Waals surface area (Å²) in [6, 6.07) is 4.06. The normalized spacial score (nSPS) is 24.8. The molecule has 2 fully saturated rings. The number of benzene rings is 2. The van der Waals surface area contributed by atoms with Crippen LogP contribution in [0.15, 0.2) is 30.3 Å². The maximum Gasteiger partial charge on any atom is 0.573 e. The number of hydrogen-bond acceptors (Lipinski definition) is 1. The second kappa shape index (κ2) is 12.3. The van der Waals surface area contributed by atoms with Crippen molar-refractivity contribution in [1.82, 2.24) is 0 Å². The first-order valence-corrected chi connectivity index (χ1v) is 13.6. The molecule has 9 heteroatoms. The van der Waals surface area contributed by atoms with Gasteiger partial charge in [-0.25, -0.2) is 22.0 Å². The third-order valence-corrected chi connectivity index (χ3v) is 8.39. The van der Waals surface area contributed by atoms with Crippen molar-refractivity contribution in [3.8, 4) is 5.75 Å². The van der Waals surface area contributed by atoms with Crippen molar-refractivity contribution in [3.05, 3.63) is 64.5 Å². The molecule has 0 N–H and O–H groups in total. The molecule has 0 bridgehead atoms. The summed E-state index contributed by atoms with van der Waals surface area (Å²) < 4.78 is 113. The van der Waals surface area contributed by atoms with Crippen molar-refractivity contribution in [2.45, 2.75) is 83.4 Å². The summed E-state index contributed by atoms with van der Waals surface area (Å²) in [6.45, 7) is 2.23. The fourth-order valence-electron chi connectivity index (χ4n) is 6.39. The number of rotatable bonds is 7. The van der Waals surface area contributed by atoms with Gasteiger partial charge in [-0.3, -0.25) is 0 Å². The van der Waals surface area contributed by atoms with Crippen molar-refractivity contribution >= 4 is 11.7 Å². The van der Waals surface area contributed by atoms with Crippen molar-refractivity contribution in [1.29, 1.82) is 0 Å². The standard InChI is InChI=1S/C30H32F8O/c1-2-3-17-4-6-18(7-5-17)19-8-10-20(11-9-19)21-12-13-23(24(31)14-21)28(35)27(34)22-15-25(32)29(26(33)16-22)39-30(36,37)38/h12-20H,2-11H2,1H3. The first-order valence-electron chi connectivity index (χ1n) is 13.6. The lowest BCUT2D eigenvalue weighted by Crippen LogP contribution is -2.25. The average molecular weight is 561 g/mol. The minimum absolute atomic E-state index is 0.0995. The summed E-state index contributed by atoms with van der Waals surface area (Å²) in [6.07, 6.45) is 6.14. The molecule has 0 aromatic heterocycles. The van der Waals surface area contributed by atoms with Crippen LogP contribution in [0.1, 0.15) is 93.7 Å². The second-order valence-electron chi connectivity index (χ2n) is 10.9. The van der Waals surface area contributed by atoms with E-state index in [4.69, 9.17) is 0 Å². The summed E-state index contributed by atoms with van der Waals surface area (Å²) in [7, 11) is 0. The molecule has 0 atom stereocenters. The molecule has 0 heterocycles. The lowest BCUT2D eigenvalue weighted by Gasteiger charge is -2.38. The molecule has 0 amide bonds. The SMILES string of the molecule is CCCC1CCC(C2CCC(c3ccc(C(F)=C(F)c4cc(F)c(OC(F)(F)F)c(F)c4)c(F)c3)CC2)CC1. The fourth-order valence-corrected chi connectivity index (χ4v) is 6.39. The predicted octanol–water partition coefficient (Wildman–Crippen LogP) is 10.6. The van der Waals surface area contributed by atoms with Crippen molar-refractivity contribution in [3.63, 3.8) is 0 Å². The van der Waals surface area contributed by atoms with Gasteiger partial charge in [0.2, 0.25) is 5.75 Å². The lowest BCUT2D eigenvalue weighted by atomic mass is 9.68. The van der Waals surface area contributed by atoms with E-state index in [2.05, 4.69) is 11.7 Å². The van der Waals surface area contributed by atoms with Crippen LogP contribution in [0, 0.1) is 35.2 Å². The Morgan fingerprint density at radius 2 is 1.33 bits per heavy atom. The quantitative estimate of drug-likeness (QED) is 0.242. The number of halogens is 8. The smallest absolute Gasteiger partial charge is 0.399 e. The fraction of sp³-hybridized carbons (Fsp3) is 0.533. The highest BCUT2D eigenvalue weighted by molar-refractivity contribution is 5.83. The van der Waals surface area contributed by atoms with Gasteiger partial charge in [0.25, 0.3) is 0 Å². The molecule has 2 aromatic rings. The number of ether oxygens (including phenoxy) is 1. The summed E-state index contributed by atoms with van der Waals surface area (Å²) in [5.41, 5.74) is -1.09. The largest absolute Gasteiger partial charge is 0.573 e. The zero-order valence-corrected chi connectivity index (χ0v) is 21.7. The monoisotopic (exact) mass is 560 g/mol. The number of alkyl halides is 3. The Morgan fingerprint density at radius 3 is 1.85 bits per heavy atom. The molecule has 2 saturated carbocycles. The zero-order chi connectivity index (χ0) is 28.3. The van der Waals surface area contributed by atoms with Crippen LogP contribution in [-0.4, -0.2) is 6.36 Å². The molecular weight excluding hydrogens is 528 g/mol. The van der Waals surface area contributed by atoms with E-state index in [-0.39, 0.29) is 18.1 Å². The lowest BCUT2D eigenvalue weighted by molar-refractivity contribution is -0.276. The van der Waals surface area contributed by atoms with Gasteiger partial charge < -0.3 is 4.74 Å². The maximum atomic E-state index is 14.9. The van der Waals surface area contributed by atoms with Crippen LogP contribution in [0.4, 0.5) is 35.1 Å². The van der Waals surface area contributed by atoms with E-state index in [0.29, 0.717) is 11.5 Å². The highest BCUT2D eigenvalue weighted by atomic mass is 19.4. The molecule has 39 heavy (non-hydrogen) atoms. The number of hydrogen-bond donors (Lipinski definition) is 0. The van der Waals surface area contributed by atoms with Gasteiger partial charge >= 0.3 is 6.36 Å². The van der Waals surface area contributed by atoms with E-state index < -0.39 is 52.3 Å². The van der Waals surface area contributed by atoms with Gasteiger partial charge in [0, 0.05) is 11.1 Å². The van der Waals surface area contributed by atoms with Crippen LogP contribution in [0.2, 0.25) is 0 Å². The van der Waals surface area contributed by atoms with Crippen LogP contribution in [-0.2, 0) is 0 Å².